The summed E-state index contributed by atoms with van der Waals surface area (Å²) < 4.78 is 0. The number of carbonyl (C=O) groups excluding carboxylic acids is 1. The van der Waals surface area contributed by atoms with Crippen LogP contribution in [0.25, 0.3) is 0 Å². The Balaban J connectivity index is 2.29. The van der Waals surface area contributed by atoms with Gasteiger partial charge in [0.15, 0.2) is 0 Å². The number of benzene rings is 1. The van der Waals surface area contributed by atoms with Gasteiger partial charge in [-0.1, -0.05) is 0 Å². The van der Waals surface area contributed by atoms with Crippen LogP contribution in [0.3, 0.4) is 0 Å². The molecule has 0 saturated heterocycles. The van der Waals surface area contributed by atoms with Gasteiger partial charge < -0.3 is 15.3 Å². The van der Waals surface area contributed by atoms with Gasteiger partial charge in [0, 0.05) is 5.69 Å². The van der Waals surface area contributed by atoms with Gasteiger partial charge in [0.05, 0.1) is 18.2 Å². The molecule has 1 heterocycles. The largest absolute Gasteiger partial charge is 0.480 e. The monoisotopic (exact) mass is 231 g/mol. The van der Waals surface area contributed by atoms with Crippen LogP contribution < -0.4 is 5.32 Å². The number of anilines is 1. The number of hydrogen-bond donors (Lipinski definition) is 2. The Bertz CT molecular complexity index is 533. The van der Waals surface area contributed by atoms with Gasteiger partial charge in [0.2, 0.25) is 0 Å². The Hall–Kier alpha value is -2.55. The van der Waals surface area contributed by atoms with Crippen molar-refractivity contribution in [1.29, 1.82) is 5.26 Å². The minimum absolute atomic E-state index is 0.197. The molecule has 0 radical (unpaired) electrons. The van der Waals surface area contributed by atoms with E-state index in [1.807, 2.05) is 6.07 Å². The van der Waals surface area contributed by atoms with E-state index in [1.165, 1.54) is 4.90 Å². The van der Waals surface area contributed by atoms with Crippen molar-refractivity contribution in [3.63, 3.8) is 0 Å². The van der Waals surface area contributed by atoms with Crippen molar-refractivity contribution in [1.82, 2.24) is 4.90 Å². The molecule has 0 aromatic heterocycles. The summed E-state index contributed by atoms with van der Waals surface area (Å²) in [6.45, 7) is -0.162. The maximum absolute atomic E-state index is 11.5. The first-order chi connectivity index (χ1) is 8.10. The van der Waals surface area contributed by atoms with Gasteiger partial charge in [-0.2, -0.15) is 5.26 Å². The standard InChI is InChI=1S/C11H9N3O3/c12-4-7-1-2-9-8(3-7)5-14(6-10(15)16)11(17)13-9/h1-3H,5-6H2,(H,13,17)(H,15,16). The fraction of sp³-hybridized carbons (Fsp3) is 0.182. The van der Waals surface area contributed by atoms with Crippen LogP contribution >= 0.6 is 0 Å². The van der Waals surface area contributed by atoms with Crippen molar-refractivity contribution in [2.75, 3.05) is 11.9 Å². The van der Waals surface area contributed by atoms with Crippen LogP contribution in [0, 0.1) is 11.3 Å². The quantitative estimate of drug-likeness (QED) is 0.793. The highest BCUT2D eigenvalue weighted by Gasteiger charge is 2.24. The van der Waals surface area contributed by atoms with Gasteiger partial charge in [-0.15, -0.1) is 0 Å². The predicted octanol–water partition coefficient (Wildman–Crippen LogP) is 0.990. The number of carboxylic acids is 1. The number of nitriles is 1. The van der Waals surface area contributed by atoms with Crippen LogP contribution in [0.4, 0.5) is 10.5 Å². The predicted molar refractivity (Wildman–Crippen MR) is 58.2 cm³/mol. The molecule has 2 amide bonds. The van der Waals surface area contributed by atoms with Crippen molar-refractivity contribution >= 4 is 17.7 Å². The molecule has 1 aromatic rings. The number of nitrogens with zero attached hydrogens (tertiary/aromatic N) is 2. The smallest absolute Gasteiger partial charge is 0.323 e. The summed E-state index contributed by atoms with van der Waals surface area (Å²) >= 11 is 0. The van der Waals surface area contributed by atoms with E-state index in [9.17, 15) is 9.59 Å². The van der Waals surface area contributed by atoms with Gasteiger partial charge in [-0.05, 0) is 23.8 Å². The van der Waals surface area contributed by atoms with Crippen molar-refractivity contribution in [3.05, 3.63) is 29.3 Å². The third kappa shape index (κ3) is 2.18. The molecule has 2 rings (SSSR count). The molecule has 86 valence electrons. The summed E-state index contributed by atoms with van der Waals surface area (Å²) in [6.07, 6.45) is 0. The number of nitrogens with one attached hydrogen (secondary N) is 1. The van der Waals surface area contributed by atoms with Crippen molar-refractivity contribution in [2.45, 2.75) is 6.54 Å². The molecule has 0 saturated carbocycles. The number of carboxylic acid groups (broad SMARTS) is 1. The molecule has 0 atom stereocenters. The number of carbonyl (C=O) groups is 2. The van der Waals surface area contributed by atoms with Crippen LogP contribution in [0.2, 0.25) is 0 Å². The van der Waals surface area contributed by atoms with E-state index < -0.39 is 12.0 Å². The minimum Gasteiger partial charge on any atom is -0.480 e. The average Bonchev–Trinajstić information content (AvgIpc) is 2.29. The van der Waals surface area contributed by atoms with Gasteiger partial charge in [-0.3, -0.25) is 4.79 Å². The Kier molecular flexibility index (Phi) is 2.66. The minimum atomic E-state index is -1.07. The van der Waals surface area contributed by atoms with Gasteiger partial charge >= 0.3 is 12.0 Å². The first kappa shape index (κ1) is 11.0. The Morgan fingerprint density at radius 1 is 1.59 bits per heavy atom. The molecular formula is C11H9N3O3. The first-order valence-electron chi connectivity index (χ1n) is 4.91. The van der Waals surface area contributed by atoms with E-state index in [0.29, 0.717) is 11.3 Å². The van der Waals surface area contributed by atoms with E-state index in [2.05, 4.69) is 5.32 Å². The van der Waals surface area contributed by atoms with Crippen LogP contribution in [-0.2, 0) is 11.3 Å². The molecule has 6 nitrogen and oxygen atoms in total. The molecule has 1 aliphatic heterocycles. The fourth-order valence-corrected chi connectivity index (χ4v) is 1.68. The van der Waals surface area contributed by atoms with Crippen LogP contribution in [0.1, 0.15) is 11.1 Å². The number of aliphatic carboxylic acids is 1. The second-order valence-electron chi connectivity index (χ2n) is 3.66. The van der Waals surface area contributed by atoms with Crippen molar-refractivity contribution < 1.29 is 14.7 Å². The Morgan fingerprint density at radius 2 is 2.35 bits per heavy atom. The Morgan fingerprint density at radius 3 is 3.00 bits per heavy atom. The molecule has 1 aromatic carbocycles. The van der Waals surface area contributed by atoms with E-state index in [4.69, 9.17) is 10.4 Å². The van der Waals surface area contributed by atoms with Crippen LogP contribution in [0.5, 0.6) is 0 Å². The topological polar surface area (TPSA) is 93.4 Å². The van der Waals surface area contributed by atoms with Gasteiger partial charge in [-0.25, -0.2) is 4.79 Å². The third-order valence-electron chi connectivity index (χ3n) is 2.45. The van der Waals surface area contributed by atoms with Crippen molar-refractivity contribution in [2.24, 2.45) is 0 Å². The SMILES string of the molecule is N#Cc1ccc2c(c1)CN(CC(=O)O)C(=O)N2. The summed E-state index contributed by atoms with van der Waals surface area (Å²) in [5, 5.41) is 20.0. The van der Waals surface area contributed by atoms with Crippen LogP contribution in [0.15, 0.2) is 18.2 Å². The lowest BCUT2D eigenvalue weighted by molar-refractivity contribution is -0.137. The van der Waals surface area contributed by atoms with E-state index in [-0.39, 0.29) is 13.1 Å². The molecule has 6 heteroatoms. The molecular weight excluding hydrogens is 222 g/mol. The molecule has 0 aliphatic carbocycles. The van der Waals surface area contributed by atoms with Gasteiger partial charge in [0.25, 0.3) is 0 Å². The zero-order valence-corrected chi connectivity index (χ0v) is 8.80. The molecule has 0 fully saturated rings. The lowest BCUT2D eigenvalue weighted by atomic mass is 10.1. The zero-order valence-electron chi connectivity index (χ0n) is 8.80. The molecule has 0 spiro atoms. The number of fused-ring (bicyclic) bond motifs is 1. The van der Waals surface area contributed by atoms with Crippen LogP contribution in [-0.4, -0.2) is 28.6 Å². The normalized spacial score (nSPS) is 13.6. The summed E-state index contributed by atoms with van der Waals surface area (Å²) in [7, 11) is 0. The number of rotatable bonds is 2. The average molecular weight is 231 g/mol. The molecule has 2 N–H and O–H groups in total. The molecule has 17 heavy (non-hydrogen) atoms. The van der Waals surface area contributed by atoms with E-state index in [0.717, 1.165) is 5.56 Å². The second-order valence-corrected chi connectivity index (χ2v) is 3.66. The zero-order chi connectivity index (χ0) is 12.4. The first-order valence-corrected chi connectivity index (χ1v) is 4.91. The highest BCUT2D eigenvalue weighted by molar-refractivity contribution is 5.94. The molecule has 1 aliphatic rings. The maximum Gasteiger partial charge on any atom is 0.323 e. The summed E-state index contributed by atoms with van der Waals surface area (Å²) in [6, 6.07) is 6.44. The number of amides is 2. The van der Waals surface area contributed by atoms with Gasteiger partial charge in [0.1, 0.15) is 6.54 Å². The lowest BCUT2D eigenvalue weighted by Crippen LogP contribution is -2.41. The van der Waals surface area contributed by atoms with E-state index >= 15 is 0 Å². The van der Waals surface area contributed by atoms with E-state index in [1.54, 1.807) is 18.2 Å². The second kappa shape index (κ2) is 4.14. The summed E-state index contributed by atoms with van der Waals surface area (Å²) in [5.74, 6) is -1.07. The molecule has 0 unspecified atom stereocenters. The summed E-state index contributed by atoms with van der Waals surface area (Å²) in [4.78, 5) is 23.3. The Labute approximate surface area is 97.1 Å². The molecule has 0 bridgehead atoms. The third-order valence-corrected chi connectivity index (χ3v) is 2.45. The summed E-state index contributed by atoms with van der Waals surface area (Å²) in [5.41, 5.74) is 1.84. The number of urea groups is 1. The highest BCUT2D eigenvalue weighted by Crippen LogP contribution is 2.23. The maximum atomic E-state index is 11.5. The highest BCUT2D eigenvalue weighted by atomic mass is 16.4. The van der Waals surface area contributed by atoms with Crippen molar-refractivity contribution in [3.8, 4) is 6.07 Å². The fourth-order valence-electron chi connectivity index (χ4n) is 1.68. The lowest BCUT2D eigenvalue weighted by Gasteiger charge is -2.28. The number of hydrogen-bond acceptors (Lipinski definition) is 3.